The molecule has 4 atom stereocenters. The largest absolute Gasteiger partial charge is 0.348 e. The number of hydrogen-bond acceptors (Lipinski definition) is 5. The number of hydrogen-bond donors (Lipinski definition) is 0. The molecular weight excluding hydrogens is 474 g/mol. The van der Waals surface area contributed by atoms with Crippen molar-refractivity contribution in [3.05, 3.63) is 46.3 Å². The quantitative estimate of drug-likeness (QED) is 0.449. The molecule has 0 radical (unpaired) electrons. The number of halogens is 1. The first-order chi connectivity index (χ1) is 15.8. The third-order valence-corrected chi connectivity index (χ3v) is 9.08. The molecule has 34 heavy (non-hydrogen) atoms. The van der Waals surface area contributed by atoms with Crippen LogP contribution in [0, 0.1) is 5.41 Å². The minimum Gasteiger partial charge on any atom is -0.348 e. The van der Waals surface area contributed by atoms with Crippen LogP contribution in [0.2, 0.25) is 5.02 Å². The van der Waals surface area contributed by atoms with E-state index < -0.39 is 26.3 Å². The summed E-state index contributed by atoms with van der Waals surface area (Å²) in [5, 5.41) is 1.40. The lowest BCUT2D eigenvalue weighted by molar-refractivity contribution is -0.160. The zero-order chi connectivity index (χ0) is 25.3. The highest BCUT2D eigenvalue weighted by Gasteiger charge is 2.48. The molecule has 0 bridgehead atoms. The summed E-state index contributed by atoms with van der Waals surface area (Å²) in [6, 6.07) is 7.06. The third kappa shape index (κ3) is 6.04. The predicted molar refractivity (Wildman–Crippen MR) is 135 cm³/mol. The van der Waals surface area contributed by atoms with Crippen LogP contribution >= 0.6 is 11.6 Å². The summed E-state index contributed by atoms with van der Waals surface area (Å²) in [5.74, 6) is -0.630. The minimum absolute atomic E-state index is 0.0189. The van der Waals surface area contributed by atoms with Gasteiger partial charge in [0, 0.05) is 15.8 Å². The van der Waals surface area contributed by atoms with Gasteiger partial charge in [-0.2, -0.15) is 0 Å². The van der Waals surface area contributed by atoms with Crippen LogP contribution in [-0.2, 0) is 24.1 Å². The molecule has 0 N–H and O–H groups in total. The summed E-state index contributed by atoms with van der Waals surface area (Å²) in [6.07, 6.45) is 4.16. The van der Waals surface area contributed by atoms with Crippen molar-refractivity contribution in [2.24, 2.45) is 5.41 Å². The molecule has 1 amide bonds. The summed E-state index contributed by atoms with van der Waals surface area (Å²) in [5.41, 5.74) is 0.371. The molecule has 190 valence electrons. The molecule has 1 aromatic rings. The van der Waals surface area contributed by atoms with E-state index in [2.05, 4.69) is 0 Å². The highest BCUT2D eigenvalue weighted by Crippen LogP contribution is 2.46. The van der Waals surface area contributed by atoms with E-state index in [4.69, 9.17) is 21.1 Å². The van der Waals surface area contributed by atoms with Gasteiger partial charge >= 0.3 is 0 Å². The molecule has 2 aliphatic heterocycles. The van der Waals surface area contributed by atoms with Crippen LogP contribution in [0.3, 0.4) is 0 Å². The maximum absolute atomic E-state index is 14.1. The molecule has 2 saturated heterocycles. The van der Waals surface area contributed by atoms with Crippen LogP contribution in [0.4, 0.5) is 0 Å². The van der Waals surface area contributed by atoms with E-state index in [0.29, 0.717) is 30.9 Å². The summed E-state index contributed by atoms with van der Waals surface area (Å²) in [7, 11) is -3.38. The van der Waals surface area contributed by atoms with Crippen molar-refractivity contribution in [3.8, 4) is 0 Å². The molecule has 2 heterocycles. The van der Waals surface area contributed by atoms with E-state index in [9.17, 15) is 13.2 Å². The normalized spacial score (nSPS) is 28.7. The van der Waals surface area contributed by atoms with Gasteiger partial charge in [0.15, 0.2) is 15.6 Å². The number of rotatable bonds is 8. The highest BCUT2D eigenvalue weighted by molar-refractivity contribution is 7.94. The second-order valence-electron chi connectivity index (χ2n) is 10.5. The smallest absolute Gasteiger partial charge is 0.229 e. The molecule has 6 nitrogen and oxygen atoms in total. The van der Waals surface area contributed by atoms with E-state index >= 15 is 0 Å². The lowest BCUT2D eigenvalue weighted by atomic mass is 9.73. The number of piperidine rings is 1. The Hall–Kier alpha value is -1.41. The summed E-state index contributed by atoms with van der Waals surface area (Å²) < 4.78 is 36.7. The number of carbonyl (C=O) groups excluding carboxylic acids is 1. The summed E-state index contributed by atoms with van der Waals surface area (Å²) in [6.45, 7) is 11.5. The lowest BCUT2D eigenvalue weighted by Gasteiger charge is -2.48. The molecule has 2 fully saturated rings. The molecule has 3 rings (SSSR count). The highest BCUT2D eigenvalue weighted by atomic mass is 35.5. The average Bonchev–Trinajstić information content (AvgIpc) is 3.10. The van der Waals surface area contributed by atoms with Crippen molar-refractivity contribution < 1.29 is 22.7 Å². The summed E-state index contributed by atoms with van der Waals surface area (Å²) >= 11 is 6.11. The molecule has 0 aliphatic carbocycles. The first kappa shape index (κ1) is 27.2. The first-order valence-electron chi connectivity index (χ1n) is 12.1. The number of ether oxygens (including phenoxy) is 2. The van der Waals surface area contributed by atoms with Crippen LogP contribution in [0.25, 0.3) is 0 Å². The maximum atomic E-state index is 14.1. The molecule has 2 aliphatic rings. The van der Waals surface area contributed by atoms with Crippen LogP contribution in [0.5, 0.6) is 0 Å². The number of carbonyl (C=O) groups is 1. The third-order valence-electron chi connectivity index (χ3n) is 6.98. The minimum atomic E-state index is -3.38. The Balaban J connectivity index is 1.95. The van der Waals surface area contributed by atoms with Gasteiger partial charge in [0.05, 0.1) is 30.0 Å². The van der Waals surface area contributed by atoms with Crippen LogP contribution < -0.4 is 0 Å². The fourth-order valence-electron chi connectivity index (χ4n) is 4.89. The van der Waals surface area contributed by atoms with Crippen LogP contribution in [0.15, 0.2) is 35.7 Å². The number of sulfone groups is 1. The predicted octanol–water partition coefficient (Wildman–Crippen LogP) is 5.67. The molecule has 0 aromatic heterocycles. The van der Waals surface area contributed by atoms with Crippen LogP contribution in [-0.4, -0.2) is 49.0 Å². The van der Waals surface area contributed by atoms with Gasteiger partial charge in [-0.1, -0.05) is 43.7 Å². The molecule has 8 heteroatoms. The zero-order valence-electron chi connectivity index (χ0n) is 21.1. The number of likely N-dealkylation sites (tertiary alicyclic amines) is 1. The van der Waals surface area contributed by atoms with Gasteiger partial charge in [-0.25, -0.2) is 8.42 Å². The first-order valence-corrected chi connectivity index (χ1v) is 14.1. The Labute approximate surface area is 209 Å². The van der Waals surface area contributed by atoms with Gasteiger partial charge in [0.2, 0.25) is 5.91 Å². The lowest BCUT2D eigenvalue weighted by Crippen LogP contribution is -2.53. The van der Waals surface area contributed by atoms with E-state index in [-0.39, 0.29) is 24.1 Å². The zero-order valence-corrected chi connectivity index (χ0v) is 22.7. The molecule has 1 aromatic carbocycles. The Morgan fingerprint density at radius 3 is 2.38 bits per heavy atom. The maximum Gasteiger partial charge on any atom is 0.229 e. The second-order valence-corrected chi connectivity index (χ2v) is 13.3. The van der Waals surface area contributed by atoms with Gasteiger partial charge in [0.25, 0.3) is 0 Å². The Kier molecular flexibility index (Phi) is 8.23. The van der Waals surface area contributed by atoms with Crippen molar-refractivity contribution in [2.75, 3.05) is 6.61 Å². The fraction of sp³-hybridized carbons (Fsp3) is 0.654. The number of nitrogens with zero attached hydrogens (tertiary/aromatic N) is 1. The van der Waals surface area contributed by atoms with Gasteiger partial charge < -0.3 is 14.4 Å². The SMILES string of the molecule is CCC(/C=C/S(=O)(=O)C(C)C)N1C(=O)[C@@](C)(CC2COC(C)(C)O2)CC[C@H]1c1ccc(Cl)cc1. The number of amides is 1. The van der Waals surface area contributed by atoms with Crippen molar-refractivity contribution >= 4 is 27.3 Å². The van der Waals surface area contributed by atoms with Gasteiger partial charge in [-0.05, 0) is 71.1 Å². The Morgan fingerprint density at radius 2 is 1.85 bits per heavy atom. The van der Waals surface area contributed by atoms with Gasteiger partial charge in [0.1, 0.15) is 0 Å². The topological polar surface area (TPSA) is 72.9 Å². The number of benzene rings is 1. The van der Waals surface area contributed by atoms with E-state index in [1.54, 1.807) is 19.9 Å². The second kappa shape index (κ2) is 10.3. The van der Waals surface area contributed by atoms with Crippen molar-refractivity contribution in [1.29, 1.82) is 0 Å². The Morgan fingerprint density at radius 1 is 1.21 bits per heavy atom. The van der Waals surface area contributed by atoms with Gasteiger partial charge in [-0.15, -0.1) is 0 Å². The van der Waals surface area contributed by atoms with Gasteiger partial charge in [-0.3, -0.25) is 4.79 Å². The van der Waals surface area contributed by atoms with E-state index in [0.717, 1.165) is 12.0 Å². The van der Waals surface area contributed by atoms with Crippen LogP contribution in [0.1, 0.15) is 78.8 Å². The molecule has 0 spiro atoms. The molecule has 0 saturated carbocycles. The van der Waals surface area contributed by atoms with Crippen molar-refractivity contribution in [3.63, 3.8) is 0 Å². The average molecular weight is 512 g/mol. The monoisotopic (exact) mass is 511 g/mol. The van der Waals surface area contributed by atoms with E-state index in [1.807, 2.05) is 56.9 Å². The van der Waals surface area contributed by atoms with Crippen molar-refractivity contribution in [2.45, 2.75) is 96.5 Å². The van der Waals surface area contributed by atoms with E-state index in [1.165, 1.54) is 5.41 Å². The standard InChI is InChI=1S/C26H38ClNO5S/c1-7-21(13-15-34(30,31)18(2)3)28-23(19-8-10-20(27)11-9-19)12-14-26(6,24(28)29)16-22-17-32-25(4,5)33-22/h8-11,13,15,18,21-23H,7,12,14,16-17H2,1-6H3/b15-13+/t21?,22?,23-,26+/m0/s1. The molecular formula is C26H38ClNO5S. The Bertz CT molecular complexity index is 1000. The fourth-order valence-corrected chi connectivity index (χ4v) is 5.73. The molecule has 2 unspecified atom stereocenters. The van der Waals surface area contributed by atoms with Crippen molar-refractivity contribution in [1.82, 2.24) is 4.90 Å². The summed E-state index contributed by atoms with van der Waals surface area (Å²) in [4.78, 5) is 16.0.